The van der Waals surface area contributed by atoms with Crippen LogP contribution in [0.1, 0.15) is 18.5 Å². The number of rotatable bonds is 6. The Balaban J connectivity index is 2.31. The number of benzene rings is 2. The molecule has 0 aliphatic heterocycles. The molecule has 0 aliphatic carbocycles. The van der Waals surface area contributed by atoms with E-state index in [2.05, 4.69) is 43.1 Å². The van der Waals surface area contributed by atoms with Gasteiger partial charge in [0.1, 0.15) is 5.75 Å². The highest BCUT2D eigenvalue weighted by molar-refractivity contribution is 5.57. The molecule has 0 bridgehead atoms. The largest absolute Gasteiger partial charge is 0.495 e. The number of nitrogens with one attached hydrogen (secondary N) is 1. The van der Waals surface area contributed by atoms with E-state index in [1.165, 1.54) is 5.56 Å². The van der Waals surface area contributed by atoms with Gasteiger partial charge in [-0.15, -0.1) is 6.58 Å². The van der Waals surface area contributed by atoms with Crippen LogP contribution in [-0.4, -0.2) is 7.11 Å². The molecular formula is C18H21NO. The summed E-state index contributed by atoms with van der Waals surface area (Å²) in [4.78, 5) is 0. The van der Waals surface area contributed by atoms with Crippen molar-refractivity contribution in [1.29, 1.82) is 0 Å². The zero-order valence-electron chi connectivity index (χ0n) is 12.0. The van der Waals surface area contributed by atoms with Crippen molar-refractivity contribution >= 4 is 5.69 Å². The van der Waals surface area contributed by atoms with E-state index in [0.29, 0.717) is 5.92 Å². The minimum Gasteiger partial charge on any atom is -0.495 e. The highest BCUT2D eigenvalue weighted by Gasteiger charge is 2.17. The molecule has 104 valence electrons. The van der Waals surface area contributed by atoms with Gasteiger partial charge in [-0.2, -0.15) is 0 Å². The van der Waals surface area contributed by atoms with Crippen LogP contribution in [0.2, 0.25) is 0 Å². The summed E-state index contributed by atoms with van der Waals surface area (Å²) in [6.07, 6.45) is 1.97. The minimum absolute atomic E-state index is 0.171. The topological polar surface area (TPSA) is 21.3 Å². The van der Waals surface area contributed by atoms with Crippen LogP contribution < -0.4 is 10.1 Å². The molecule has 0 amide bonds. The summed E-state index contributed by atoms with van der Waals surface area (Å²) in [5, 5.41) is 3.57. The van der Waals surface area contributed by atoms with Gasteiger partial charge in [-0.25, -0.2) is 0 Å². The van der Waals surface area contributed by atoms with Gasteiger partial charge >= 0.3 is 0 Å². The third kappa shape index (κ3) is 3.21. The molecule has 0 unspecified atom stereocenters. The van der Waals surface area contributed by atoms with Crippen molar-refractivity contribution in [3.8, 4) is 5.75 Å². The molecular weight excluding hydrogens is 246 g/mol. The van der Waals surface area contributed by atoms with Crippen LogP contribution in [0.3, 0.4) is 0 Å². The molecule has 0 radical (unpaired) electrons. The Morgan fingerprint density at radius 2 is 1.70 bits per heavy atom. The SMILES string of the molecule is C=C[C@H](C)[C@H](Nc1ccccc1OC)c1ccccc1. The van der Waals surface area contributed by atoms with Gasteiger partial charge in [0.2, 0.25) is 0 Å². The van der Waals surface area contributed by atoms with Crippen LogP contribution in [0, 0.1) is 5.92 Å². The monoisotopic (exact) mass is 267 g/mol. The van der Waals surface area contributed by atoms with E-state index in [4.69, 9.17) is 4.74 Å². The molecule has 0 aliphatic rings. The Morgan fingerprint density at radius 1 is 1.05 bits per heavy atom. The Hall–Kier alpha value is -2.22. The molecule has 0 aromatic heterocycles. The van der Waals surface area contributed by atoms with Gasteiger partial charge in [0.25, 0.3) is 0 Å². The maximum absolute atomic E-state index is 5.41. The summed E-state index contributed by atoms with van der Waals surface area (Å²) >= 11 is 0. The first-order valence-corrected chi connectivity index (χ1v) is 6.83. The maximum atomic E-state index is 5.41. The van der Waals surface area contributed by atoms with E-state index in [0.717, 1.165) is 11.4 Å². The highest BCUT2D eigenvalue weighted by Crippen LogP contribution is 2.31. The first-order valence-electron chi connectivity index (χ1n) is 6.83. The predicted molar refractivity (Wildman–Crippen MR) is 85.2 cm³/mol. The molecule has 1 N–H and O–H groups in total. The minimum atomic E-state index is 0.171. The van der Waals surface area contributed by atoms with Crippen LogP contribution in [0.5, 0.6) is 5.75 Å². The molecule has 0 fully saturated rings. The van der Waals surface area contributed by atoms with Crippen LogP contribution in [-0.2, 0) is 0 Å². The zero-order chi connectivity index (χ0) is 14.4. The van der Waals surface area contributed by atoms with E-state index < -0.39 is 0 Å². The molecule has 2 nitrogen and oxygen atoms in total. The molecule has 2 heteroatoms. The molecule has 0 spiro atoms. The number of hydrogen-bond donors (Lipinski definition) is 1. The number of para-hydroxylation sites is 2. The van der Waals surface area contributed by atoms with Gasteiger partial charge in [0.15, 0.2) is 0 Å². The Morgan fingerprint density at radius 3 is 2.35 bits per heavy atom. The van der Waals surface area contributed by atoms with Crippen LogP contribution >= 0.6 is 0 Å². The van der Waals surface area contributed by atoms with Crippen molar-refractivity contribution in [2.75, 3.05) is 12.4 Å². The van der Waals surface area contributed by atoms with Crippen LogP contribution in [0.25, 0.3) is 0 Å². The summed E-state index contributed by atoms with van der Waals surface area (Å²) in [6, 6.07) is 18.6. The molecule has 2 aromatic carbocycles. The fourth-order valence-electron chi connectivity index (χ4n) is 2.25. The van der Waals surface area contributed by atoms with Gasteiger partial charge in [-0.1, -0.05) is 55.5 Å². The molecule has 20 heavy (non-hydrogen) atoms. The molecule has 2 aromatic rings. The Kier molecular flexibility index (Phi) is 4.83. The van der Waals surface area contributed by atoms with Crippen molar-refractivity contribution in [2.24, 2.45) is 5.92 Å². The molecule has 2 atom stereocenters. The predicted octanol–water partition coefficient (Wildman–Crippen LogP) is 4.67. The average Bonchev–Trinajstić information content (AvgIpc) is 2.53. The lowest BCUT2D eigenvalue weighted by molar-refractivity contribution is 0.415. The second kappa shape index (κ2) is 6.80. The van der Waals surface area contributed by atoms with Gasteiger partial charge in [0.05, 0.1) is 18.8 Å². The molecule has 0 heterocycles. The summed E-state index contributed by atoms with van der Waals surface area (Å²) in [5.74, 6) is 1.16. The second-order valence-corrected chi connectivity index (χ2v) is 4.83. The van der Waals surface area contributed by atoms with Crippen LogP contribution in [0.15, 0.2) is 67.3 Å². The number of anilines is 1. The lowest BCUT2D eigenvalue weighted by atomic mass is 9.94. The van der Waals surface area contributed by atoms with Gasteiger partial charge in [-0.3, -0.25) is 0 Å². The highest BCUT2D eigenvalue weighted by atomic mass is 16.5. The quantitative estimate of drug-likeness (QED) is 0.768. The molecule has 2 rings (SSSR count). The van der Waals surface area contributed by atoms with E-state index in [1.54, 1.807) is 7.11 Å². The number of hydrogen-bond acceptors (Lipinski definition) is 2. The number of methoxy groups -OCH3 is 1. The van der Waals surface area contributed by atoms with Crippen molar-refractivity contribution in [2.45, 2.75) is 13.0 Å². The number of ether oxygens (including phenoxy) is 1. The van der Waals surface area contributed by atoms with Crippen molar-refractivity contribution < 1.29 is 4.74 Å². The van der Waals surface area contributed by atoms with Gasteiger partial charge in [0, 0.05) is 0 Å². The maximum Gasteiger partial charge on any atom is 0.141 e. The lowest BCUT2D eigenvalue weighted by Crippen LogP contribution is -2.17. The zero-order valence-corrected chi connectivity index (χ0v) is 12.0. The van der Waals surface area contributed by atoms with E-state index in [-0.39, 0.29) is 6.04 Å². The third-order valence-electron chi connectivity index (χ3n) is 3.47. The third-order valence-corrected chi connectivity index (χ3v) is 3.47. The summed E-state index contributed by atoms with van der Waals surface area (Å²) < 4.78 is 5.41. The lowest BCUT2D eigenvalue weighted by Gasteiger charge is -2.25. The van der Waals surface area contributed by atoms with E-state index in [1.807, 2.05) is 36.4 Å². The van der Waals surface area contributed by atoms with Gasteiger partial charge in [-0.05, 0) is 23.6 Å². The molecule has 0 saturated heterocycles. The molecule has 0 saturated carbocycles. The van der Waals surface area contributed by atoms with Crippen LogP contribution in [0.4, 0.5) is 5.69 Å². The fourth-order valence-corrected chi connectivity index (χ4v) is 2.25. The smallest absolute Gasteiger partial charge is 0.141 e. The second-order valence-electron chi connectivity index (χ2n) is 4.83. The van der Waals surface area contributed by atoms with Crippen molar-refractivity contribution in [3.63, 3.8) is 0 Å². The normalized spacial score (nSPS) is 13.3. The standard InChI is InChI=1S/C18H21NO/c1-4-14(2)18(15-10-6-5-7-11-15)19-16-12-8-9-13-17(16)20-3/h4-14,18-19H,1H2,2-3H3/t14-,18-/m0/s1. The summed E-state index contributed by atoms with van der Waals surface area (Å²) in [6.45, 7) is 6.08. The van der Waals surface area contributed by atoms with E-state index >= 15 is 0 Å². The van der Waals surface area contributed by atoms with Crippen molar-refractivity contribution in [3.05, 3.63) is 72.8 Å². The van der Waals surface area contributed by atoms with E-state index in [9.17, 15) is 0 Å². The summed E-state index contributed by atoms with van der Waals surface area (Å²) in [7, 11) is 1.69. The van der Waals surface area contributed by atoms with Crippen molar-refractivity contribution in [1.82, 2.24) is 0 Å². The first-order chi connectivity index (χ1) is 9.76. The Bertz CT molecular complexity index is 550. The first kappa shape index (κ1) is 14.2. The average molecular weight is 267 g/mol. The summed E-state index contributed by atoms with van der Waals surface area (Å²) in [5.41, 5.74) is 2.24. The fraction of sp³-hybridized carbons (Fsp3) is 0.222. The van der Waals surface area contributed by atoms with Gasteiger partial charge < -0.3 is 10.1 Å². The Labute approximate surface area is 121 Å².